The van der Waals surface area contributed by atoms with Crippen molar-refractivity contribution < 1.29 is 4.79 Å². The summed E-state index contributed by atoms with van der Waals surface area (Å²) in [6, 6.07) is 3.85. The van der Waals surface area contributed by atoms with Gasteiger partial charge in [0.15, 0.2) is 0 Å². The number of aryl methyl sites for hydroxylation is 1. The first kappa shape index (κ1) is 16.9. The van der Waals surface area contributed by atoms with Gasteiger partial charge in [0.1, 0.15) is 0 Å². The van der Waals surface area contributed by atoms with Crippen LogP contribution in [0.1, 0.15) is 30.4 Å². The van der Waals surface area contributed by atoms with Crippen molar-refractivity contribution in [2.45, 2.75) is 32.6 Å². The molecule has 2 aliphatic heterocycles. The molecule has 2 aromatic heterocycles. The van der Waals surface area contributed by atoms with Crippen LogP contribution in [0.25, 0.3) is 0 Å². The second kappa shape index (κ2) is 7.02. The fourth-order valence-corrected chi connectivity index (χ4v) is 4.20. The lowest BCUT2D eigenvalue weighted by Crippen LogP contribution is -2.48. The molecule has 0 aromatic carbocycles. The highest BCUT2D eigenvalue weighted by atomic mass is 16.2. The van der Waals surface area contributed by atoms with Crippen molar-refractivity contribution >= 4 is 11.9 Å². The fraction of sp³-hybridized carbons (Fsp3) is 0.500. The number of pyridine rings is 1. The van der Waals surface area contributed by atoms with Crippen LogP contribution in [0.3, 0.4) is 0 Å². The molecule has 1 unspecified atom stereocenters. The number of carbonyl (C=O) groups is 1. The van der Waals surface area contributed by atoms with Gasteiger partial charge < -0.3 is 9.80 Å². The van der Waals surface area contributed by atoms with Gasteiger partial charge in [-0.2, -0.15) is 0 Å². The molecule has 6 nitrogen and oxygen atoms in total. The molecular weight excluding hydrogens is 326 g/mol. The van der Waals surface area contributed by atoms with E-state index in [4.69, 9.17) is 0 Å². The molecule has 0 bridgehead atoms. The van der Waals surface area contributed by atoms with E-state index in [9.17, 15) is 4.79 Å². The highest BCUT2D eigenvalue weighted by Crippen LogP contribution is 2.40. The number of anilines is 1. The topological polar surface area (TPSA) is 62.2 Å². The average molecular weight is 351 g/mol. The summed E-state index contributed by atoms with van der Waals surface area (Å²) in [5.74, 6) is 1.02. The fourth-order valence-electron chi connectivity index (χ4n) is 4.20. The minimum absolute atomic E-state index is 0.178. The predicted molar refractivity (Wildman–Crippen MR) is 99.8 cm³/mol. The van der Waals surface area contributed by atoms with Gasteiger partial charge in [0.05, 0.1) is 6.42 Å². The van der Waals surface area contributed by atoms with Gasteiger partial charge >= 0.3 is 0 Å². The molecular formula is C20H25N5O. The number of carbonyl (C=O) groups excluding carboxylic acids is 1. The second-order valence-corrected chi connectivity index (χ2v) is 7.69. The van der Waals surface area contributed by atoms with E-state index in [1.54, 1.807) is 12.4 Å². The quantitative estimate of drug-likeness (QED) is 0.849. The van der Waals surface area contributed by atoms with E-state index in [2.05, 4.69) is 24.8 Å². The van der Waals surface area contributed by atoms with E-state index in [-0.39, 0.29) is 11.3 Å². The summed E-state index contributed by atoms with van der Waals surface area (Å²) in [6.45, 7) is 5.61. The molecule has 1 atom stereocenters. The second-order valence-electron chi connectivity index (χ2n) is 7.69. The van der Waals surface area contributed by atoms with Crippen LogP contribution < -0.4 is 4.90 Å². The SMILES string of the molecule is Cc1cnc(N2CCC3(CCCN(C(=O)Cc4cccnc4)C3)C2)nc1. The van der Waals surface area contributed by atoms with Crippen LogP contribution in [-0.2, 0) is 11.2 Å². The number of nitrogens with zero attached hydrogens (tertiary/aromatic N) is 5. The summed E-state index contributed by atoms with van der Waals surface area (Å²) in [6.07, 6.45) is 11.0. The molecule has 0 N–H and O–H groups in total. The van der Waals surface area contributed by atoms with Gasteiger partial charge in [-0.05, 0) is 43.4 Å². The van der Waals surface area contributed by atoms with Gasteiger partial charge in [-0.3, -0.25) is 9.78 Å². The molecule has 0 radical (unpaired) electrons. The zero-order valence-electron chi connectivity index (χ0n) is 15.3. The van der Waals surface area contributed by atoms with Gasteiger partial charge in [0.25, 0.3) is 0 Å². The van der Waals surface area contributed by atoms with Crippen LogP contribution in [0.4, 0.5) is 5.95 Å². The maximum absolute atomic E-state index is 12.8. The standard InChI is InChI=1S/C20H25N5O/c1-16-11-22-19(23-12-16)25-9-6-20(15-25)5-3-8-24(14-20)18(26)10-17-4-2-7-21-13-17/h2,4,7,11-13H,3,5-6,8-10,14-15H2,1H3. The van der Waals surface area contributed by atoms with Crippen LogP contribution in [-0.4, -0.2) is 51.9 Å². The molecule has 26 heavy (non-hydrogen) atoms. The van der Waals surface area contributed by atoms with Gasteiger partial charge in [0.2, 0.25) is 11.9 Å². The van der Waals surface area contributed by atoms with Crippen molar-refractivity contribution in [3.05, 3.63) is 48.0 Å². The zero-order chi connectivity index (χ0) is 18.0. The number of aromatic nitrogens is 3. The first-order chi connectivity index (χ1) is 12.6. The predicted octanol–water partition coefficient (Wildman–Crippen LogP) is 2.24. The zero-order valence-corrected chi connectivity index (χ0v) is 15.3. The van der Waals surface area contributed by atoms with Crippen molar-refractivity contribution in [3.8, 4) is 0 Å². The number of amides is 1. The van der Waals surface area contributed by atoms with Crippen LogP contribution >= 0.6 is 0 Å². The first-order valence-corrected chi connectivity index (χ1v) is 9.34. The third kappa shape index (κ3) is 3.54. The van der Waals surface area contributed by atoms with Gasteiger partial charge in [-0.15, -0.1) is 0 Å². The van der Waals surface area contributed by atoms with E-state index in [1.807, 2.05) is 31.5 Å². The summed E-state index contributed by atoms with van der Waals surface area (Å²) < 4.78 is 0. The Kier molecular flexibility index (Phi) is 4.57. The van der Waals surface area contributed by atoms with E-state index in [0.717, 1.165) is 56.1 Å². The molecule has 6 heteroatoms. The summed E-state index contributed by atoms with van der Waals surface area (Å²) in [5.41, 5.74) is 2.24. The Morgan fingerprint density at radius 1 is 1.15 bits per heavy atom. The lowest BCUT2D eigenvalue weighted by Gasteiger charge is -2.40. The normalized spacial score (nSPS) is 22.8. The summed E-state index contributed by atoms with van der Waals surface area (Å²) in [7, 11) is 0. The molecule has 136 valence electrons. The van der Waals surface area contributed by atoms with Crippen molar-refractivity contribution in [3.63, 3.8) is 0 Å². The number of likely N-dealkylation sites (tertiary alicyclic amines) is 1. The molecule has 0 aliphatic carbocycles. The van der Waals surface area contributed by atoms with Crippen LogP contribution in [0.2, 0.25) is 0 Å². The Bertz CT molecular complexity index is 764. The monoisotopic (exact) mass is 351 g/mol. The Morgan fingerprint density at radius 2 is 2.00 bits per heavy atom. The minimum atomic E-state index is 0.178. The first-order valence-electron chi connectivity index (χ1n) is 9.34. The molecule has 4 heterocycles. The highest BCUT2D eigenvalue weighted by Gasteiger charge is 2.43. The number of hydrogen-bond acceptors (Lipinski definition) is 5. The van der Waals surface area contributed by atoms with Crippen LogP contribution in [0, 0.1) is 12.3 Å². The number of piperidine rings is 1. The van der Waals surface area contributed by atoms with E-state index >= 15 is 0 Å². The maximum atomic E-state index is 12.8. The minimum Gasteiger partial charge on any atom is -0.342 e. The lowest BCUT2D eigenvalue weighted by atomic mass is 9.79. The van der Waals surface area contributed by atoms with Crippen molar-refractivity contribution in [2.24, 2.45) is 5.41 Å². The van der Waals surface area contributed by atoms with Crippen LogP contribution in [0.15, 0.2) is 36.9 Å². The highest BCUT2D eigenvalue weighted by molar-refractivity contribution is 5.78. The van der Waals surface area contributed by atoms with E-state index in [0.29, 0.717) is 6.42 Å². The average Bonchev–Trinajstić information content (AvgIpc) is 3.06. The van der Waals surface area contributed by atoms with Crippen molar-refractivity contribution in [1.29, 1.82) is 0 Å². The van der Waals surface area contributed by atoms with Crippen LogP contribution in [0.5, 0.6) is 0 Å². The Morgan fingerprint density at radius 3 is 2.77 bits per heavy atom. The maximum Gasteiger partial charge on any atom is 0.227 e. The Labute approximate surface area is 154 Å². The smallest absolute Gasteiger partial charge is 0.227 e. The Balaban J connectivity index is 1.41. The summed E-state index contributed by atoms with van der Waals surface area (Å²) in [4.78, 5) is 30.1. The third-order valence-electron chi connectivity index (χ3n) is 5.58. The van der Waals surface area contributed by atoms with Crippen molar-refractivity contribution in [2.75, 3.05) is 31.1 Å². The Hall–Kier alpha value is -2.50. The molecule has 4 rings (SSSR count). The summed E-state index contributed by atoms with van der Waals surface area (Å²) in [5, 5.41) is 0. The number of rotatable bonds is 3. The van der Waals surface area contributed by atoms with E-state index < -0.39 is 0 Å². The molecule has 2 aliphatic rings. The molecule has 1 amide bonds. The lowest BCUT2D eigenvalue weighted by molar-refractivity contribution is -0.133. The van der Waals surface area contributed by atoms with Gasteiger partial charge in [0, 0.05) is 56.4 Å². The molecule has 2 fully saturated rings. The van der Waals surface area contributed by atoms with E-state index in [1.165, 1.54) is 6.42 Å². The number of hydrogen-bond donors (Lipinski definition) is 0. The molecule has 0 saturated carbocycles. The molecule has 2 aromatic rings. The van der Waals surface area contributed by atoms with Gasteiger partial charge in [-0.1, -0.05) is 6.07 Å². The largest absolute Gasteiger partial charge is 0.342 e. The molecule has 2 saturated heterocycles. The third-order valence-corrected chi connectivity index (χ3v) is 5.58. The molecule has 1 spiro atoms. The van der Waals surface area contributed by atoms with Crippen molar-refractivity contribution in [1.82, 2.24) is 19.9 Å². The van der Waals surface area contributed by atoms with Gasteiger partial charge in [-0.25, -0.2) is 9.97 Å². The summed E-state index contributed by atoms with van der Waals surface area (Å²) >= 11 is 0.